The third-order valence-corrected chi connectivity index (χ3v) is 4.04. The summed E-state index contributed by atoms with van der Waals surface area (Å²) in [6.07, 6.45) is 3.67. The Balaban J connectivity index is 0.00000261. The van der Waals surface area contributed by atoms with Crippen molar-refractivity contribution < 1.29 is 4.39 Å². The summed E-state index contributed by atoms with van der Waals surface area (Å²) in [5.74, 6) is 0.529. The van der Waals surface area contributed by atoms with E-state index < -0.39 is 0 Å². The molecule has 0 unspecified atom stereocenters. The molecule has 142 valence electrons. The highest BCUT2D eigenvalue weighted by Crippen LogP contribution is 2.09. The van der Waals surface area contributed by atoms with Crippen molar-refractivity contribution in [3.05, 3.63) is 83.9 Å². The molecule has 0 saturated carbocycles. The molecule has 0 atom stereocenters. The Bertz CT molecular complexity index is 862. The van der Waals surface area contributed by atoms with E-state index >= 15 is 0 Å². The van der Waals surface area contributed by atoms with E-state index in [2.05, 4.69) is 27.5 Å². The van der Waals surface area contributed by atoms with Gasteiger partial charge in [0.25, 0.3) is 0 Å². The van der Waals surface area contributed by atoms with E-state index in [1.165, 1.54) is 12.1 Å². The Kier molecular flexibility index (Phi) is 7.78. The average molecular weight is 479 g/mol. The summed E-state index contributed by atoms with van der Waals surface area (Å²) in [4.78, 5) is 6.27. The fraction of sp³-hybridized carbons (Fsp3) is 0.200. The van der Waals surface area contributed by atoms with Crippen molar-refractivity contribution in [2.75, 3.05) is 14.1 Å². The van der Waals surface area contributed by atoms with Crippen molar-refractivity contribution in [1.82, 2.24) is 20.0 Å². The molecule has 7 heteroatoms. The van der Waals surface area contributed by atoms with Crippen LogP contribution in [0.4, 0.5) is 4.39 Å². The first-order chi connectivity index (χ1) is 12.7. The van der Waals surface area contributed by atoms with E-state index in [1.807, 2.05) is 47.1 Å². The fourth-order valence-electron chi connectivity index (χ4n) is 2.74. The van der Waals surface area contributed by atoms with Gasteiger partial charge in [-0.2, -0.15) is 5.10 Å². The van der Waals surface area contributed by atoms with Crippen molar-refractivity contribution in [3.63, 3.8) is 0 Å². The second kappa shape index (κ2) is 10.1. The maximum Gasteiger partial charge on any atom is 0.193 e. The number of hydrogen-bond donors (Lipinski definition) is 1. The van der Waals surface area contributed by atoms with Gasteiger partial charge in [0, 0.05) is 39.6 Å². The zero-order valence-electron chi connectivity index (χ0n) is 15.3. The van der Waals surface area contributed by atoms with Crippen LogP contribution in [0.15, 0.2) is 72.0 Å². The van der Waals surface area contributed by atoms with E-state index in [0.717, 1.165) is 22.8 Å². The molecule has 0 spiro atoms. The Morgan fingerprint density at radius 3 is 2.56 bits per heavy atom. The number of hydrogen-bond acceptors (Lipinski definition) is 2. The predicted octanol–water partition coefficient (Wildman–Crippen LogP) is 3.84. The van der Waals surface area contributed by atoms with E-state index in [4.69, 9.17) is 0 Å². The number of guanidine groups is 1. The number of aliphatic imine (C=N–C) groups is 1. The van der Waals surface area contributed by atoms with Gasteiger partial charge in [0.15, 0.2) is 5.96 Å². The van der Waals surface area contributed by atoms with Crippen molar-refractivity contribution in [1.29, 1.82) is 0 Å². The number of rotatable bonds is 5. The van der Waals surface area contributed by atoms with Crippen molar-refractivity contribution >= 4 is 29.9 Å². The molecule has 0 aliphatic rings. The van der Waals surface area contributed by atoms with Gasteiger partial charge < -0.3 is 10.2 Å². The third-order valence-electron chi connectivity index (χ3n) is 4.04. The summed E-state index contributed by atoms with van der Waals surface area (Å²) < 4.78 is 15.2. The molecule has 3 aromatic rings. The smallest absolute Gasteiger partial charge is 0.193 e. The van der Waals surface area contributed by atoms with Crippen molar-refractivity contribution in [3.8, 4) is 5.69 Å². The van der Waals surface area contributed by atoms with Crippen LogP contribution >= 0.6 is 24.0 Å². The zero-order valence-corrected chi connectivity index (χ0v) is 17.7. The zero-order chi connectivity index (χ0) is 18.4. The van der Waals surface area contributed by atoms with Crippen LogP contribution in [0.25, 0.3) is 5.69 Å². The Labute approximate surface area is 175 Å². The monoisotopic (exact) mass is 479 g/mol. The lowest BCUT2D eigenvalue weighted by Crippen LogP contribution is -2.38. The lowest BCUT2D eigenvalue weighted by atomic mass is 10.2. The highest BCUT2D eigenvalue weighted by Gasteiger charge is 2.07. The van der Waals surface area contributed by atoms with Gasteiger partial charge in [-0.25, -0.2) is 9.07 Å². The summed E-state index contributed by atoms with van der Waals surface area (Å²) in [5.41, 5.74) is 3.06. The largest absolute Gasteiger partial charge is 0.352 e. The molecule has 2 aromatic carbocycles. The normalized spacial score (nSPS) is 11.0. The second-order valence-corrected chi connectivity index (χ2v) is 6.00. The molecule has 1 aromatic heterocycles. The molecule has 3 rings (SSSR count). The van der Waals surface area contributed by atoms with Gasteiger partial charge in [-0.05, 0) is 41.5 Å². The summed E-state index contributed by atoms with van der Waals surface area (Å²) >= 11 is 0. The van der Waals surface area contributed by atoms with Gasteiger partial charge >= 0.3 is 0 Å². The average Bonchev–Trinajstić information content (AvgIpc) is 3.17. The van der Waals surface area contributed by atoms with Crippen LogP contribution in [0.2, 0.25) is 0 Å². The topological polar surface area (TPSA) is 45.5 Å². The van der Waals surface area contributed by atoms with Gasteiger partial charge in [-0.15, -0.1) is 24.0 Å². The SMILES string of the molecule is CN=C(NCc1ccc(-n2cccn2)cc1)N(C)Cc1cccc(F)c1.I. The van der Waals surface area contributed by atoms with Gasteiger partial charge in [0.2, 0.25) is 0 Å². The molecular formula is C20H23FIN5. The lowest BCUT2D eigenvalue weighted by Gasteiger charge is -2.22. The van der Waals surface area contributed by atoms with Crippen molar-refractivity contribution in [2.24, 2.45) is 4.99 Å². The minimum Gasteiger partial charge on any atom is -0.352 e. The maximum absolute atomic E-state index is 13.3. The van der Waals surface area contributed by atoms with Gasteiger partial charge in [0.05, 0.1) is 5.69 Å². The number of aromatic nitrogens is 2. The minimum absolute atomic E-state index is 0. The third kappa shape index (κ3) is 5.78. The van der Waals surface area contributed by atoms with E-state index in [9.17, 15) is 4.39 Å². The summed E-state index contributed by atoms with van der Waals surface area (Å²) in [6, 6.07) is 16.7. The number of nitrogens with one attached hydrogen (secondary N) is 1. The van der Waals surface area contributed by atoms with Crippen LogP contribution in [0.5, 0.6) is 0 Å². The number of halogens is 2. The Morgan fingerprint density at radius 2 is 1.93 bits per heavy atom. The maximum atomic E-state index is 13.3. The summed E-state index contributed by atoms with van der Waals surface area (Å²) in [5, 5.41) is 7.56. The highest BCUT2D eigenvalue weighted by atomic mass is 127. The fourth-order valence-corrected chi connectivity index (χ4v) is 2.74. The molecule has 0 amide bonds. The van der Waals surface area contributed by atoms with Gasteiger partial charge in [-0.1, -0.05) is 24.3 Å². The van der Waals surface area contributed by atoms with Crippen LogP contribution in [0.1, 0.15) is 11.1 Å². The van der Waals surface area contributed by atoms with E-state index in [0.29, 0.717) is 13.1 Å². The molecule has 1 heterocycles. The minimum atomic E-state index is -0.226. The second-order valence-electron chi connectivity index (χ2n) is 6.00. The van der Waals surface area contributed by atoms with Gasteiger partial charge in [-0.3, -0.25) is 4.99 Å². The molecule has 27 heavy (non-hydrogen) atoms. The van der Waals surface area contributed by atoms with Crippen molar-refractivity contribution in [2.45, 2.75) is 13.1 Å². The molecule has 1 N–H and O–H groups in total. The summed E-state index contributed by atoms with van der Waals surface area (Å²) in [7, 11) is 3.67. The van der Waals surface area contributed by atoms with Crippen LogP contribution in [0, 0.1) is 5.82 Å². The summed E-state index contributed by atoms with van der Waals surface area (Å²) in [6.45, 7) is 1.23. The first-order valence-corrected chi connectivity index (χ1v) is 8.41. The highest BCUT2D eigenvalue weighted by molar-refractivity contribution is 14.0. The standard InChI is InChI=1S/C20H22FN5.HI/c1-22-20(25(2)15-17-5-3-6-18(21)13-17)23-14-16-7-9-19(10-8-16)26-12-4-11-24-26;/h3-13H,14-15H2,1-2H3,(H,22,23);1H. The van der Waals surface area contributed by atoms with Crippen LogP contribution in [0.3, 0.4) is 0 Å². The predicted molar refractivity (Wildman–Crippen MR) is 117 cm³/mol. The quantitative estimate of drug-likeness (QED) is 0.344. The molecule has 0 bridgehead atoms. The Morgan fingerprint density at radius 1 is 1.15 bits per heavy atom. The molecule has 0 saturated heterocycles. The van der Waals surface area contributed by atoms with E-state index in [-0.39, 0.29) is 29.8 Å². The Hall–Kier alpha value is -2.42. The molecule has 0 aliphatic heterocycles. The molecule has 0 aliphatic carbocycles. The molecule has 0 fully saturated rings. The lowest BCUT2D eigenvalue weighted by molar-refractivity contribution is 0.474. The van der Waals surface area contributed by atoms with Crippen LogP contribution in [-0.4, -0.2) is 34.7 Å². The molecular weight excluding hydrogens is 456 g/mol. The molecule has 0 radical (unpaired) electrons. The molecule has 5 nitrogen and oxygen atoms in total. The first-order valence-electron chi connectivity index (χ1n) is 8.41. The number of benzene rings is 2. The van der Waals surface area contributed by atoms with E-state index in [1.54, 1.807) is 19.3 Å². The number of nitrogens with zero attached hydrogens (tertiary/aromatic N) is 4. The van der Waals surface area contributed by atoms with Gasteiger partial charge in [0.1, 0.15) is 5.82 Å². The first kappa shape index (κ1) is 20.9. The van der Waals surface area contributed by atoms with Crippen LogP contribution in [-0.2, 0) is 13.1 Å². The van der Waals surface area contributed by atoms with Crippen LogP contribution < -0.4 is 5.32 Å².